The van der Waals surface area contributed by atoms with Crippen molar-refractivity contribution in [3.8, 4) is 5.75 Å². The minimum Gasteiger partial charge on any atom is -0.497 e. The van der Waals surface area contributed by atoms with Crippen molar-refractivity contribution >= 4 is 23.9 Å². The van der Waals surface area contributed by atoms with Gasteiger partial charge in [0.1, 0.15) is 11.8 Å². The van der Waals surface area contributed by atoms with E-state index in [1.807, 2.05) is 25.1 Å². The summed E-state index contributed by atoms with van der Waals surface area (Å²) in [6.07, 6.45) is 7.56. The first-order valence-electron chi connectivity index (χ1n) is 11.6. The molecule has 2 N–H and O–H groups in total. The average molecular weight is 465 g/mol. The van der Waals surface area contributed by atoms with Gasteiger partial charge < -0.3 is 20.1 Å². The van der Waals surface area contributed by atoms with Crippen LogP contribution in [0.3, 0.4) is 0 Å². The van der Waals surface area contributed by atoms with Gasteiger partial charge in [0.15, 0.2) is 6.61 Å². The molecule has 180 valence electrons. The van der Waals surface area contributed by atoms with Crippen molar-refractivity contribution in [3.05, 3.63) is 70.8 Å². The van der Waals surface area contributed by atoms with E-state index in [0.29, 0.717) is 0 Å². The summed E-state index contributed by atoms with van der Waals surface area (Å²) in [5, 5.41) is 5.40. The Kier molecular flexibility index (Phi) is 8.85. The highest BCUT2D eigenvalue weighted by molar-refractivity contribution is 5.94. The highest BCUT2D eigenvalue weighted by Crippen LogP contribution is 2.24. The minimum absolute atomic E-state index is 0.196. The fourth-order valence-corrected chi connectivity index (χ4v) is 3.86. The summed E-state index contributed by atoms with van der Waals surface area (Å²) >= 11 is 0. The quantitative estimate of drug-likeness (QED) is 0.438. The van der Waals surface area contributed by atoms with Crippen LogP contribution in [-0.2, 0) is 32.0 Å². The number of esters is 1. The van der Waals surface area contributed by atoms with Crippen LogP contribution < -0.4 is 15.4 Å². The summed E-state index contributed by atoms with van der Waals surface area (Å²) in [5.41, 5.74) is 4.58. The first-order chi connectivity index (χ1) is 16.4. The summed E-state index contributed by atoms with van der Waals surface area (Å²) in [7, 11) is 1.58. The lowest BCUT2D eigenvalue weighted by Gasteiger charge is -2.20. The van der Waals surface area contributed by atoms with Crippen LogP contribution >= 0.6 is 0 Å². The summed E-state index contributed by atoms with van der Waals surface area (Å²) in [5.74, 6) is -0.788. The minimum atomic E-state index is -0.890. The van der Waals surface area contributed by atoms with E-state index in [1.165, 1.54) is 37.0 Å². The van der Waals surface area contributed by atoms with Crippen LogP contribution in [0.15, 0.2) is 48.5 Å². The van der Waals surface area contributed by atoms with Crippen molar-refractivity contribution in [2.75, 3.05) is 13.7 Å². The first-order valence-corrected chi connectivity index (χ1v) is 11.6. The number of carbonyl (C=O) groups is 3. The van der Waals surface area contributed by atoms with E-state index in [-0.39, 0.29) is 6.04 Å². The number of amides is 2. The Morgan fingerprint density at radius 3 is 2.38 bits per heavy atom. The molecule has 1 aliphatic carbocycles. The molecule has 2 amide bonds. The number of benzene rings is 2. The number of aryl methyl sites for hydroxylation is 2. The molecule has 0 aromatic heterocycles. The predicted octanol–water partition coefficient (Wildman–Crippen LogP) is 3.51. The molecule has 0 saturated heterocycles. The Morgan fingerprint density at radius 2 is 1.68 bits per heavy atom. The lowest BCUT2D eigenvalue weighted by atomic mass is 9.89. The Hall–Kier alpha value is -3.61. The SMILES string of the molecule is COc1ccc(C=CC(=O)NC(C)C(=O)OCC(=O)NC(C)c2ccc3c(c2)CCCC3)cc1. The van der Waals surface area contributed by atoms with Crippen LogP contribution in [-0.4, -0.2) is 37.5 Å². The molecule has 0 bridgehead atoms. The van der Waals surface area contributed by atoms with Crippen molar-refractivity contribution in [3.63, 3.8) is 0 Å². The van der Waals surface area contributed by atoms with Crippen molar-refractivity contribution in [2.45, 2.75) is 51.6 Å². The summed E-state index contributed by atoms with van der Waals surface area (Å²) in [6.45, 7) is 3.01. The van der Waals surface area contributed by atoms with E-state index < -0.39 is 30.4 Å². The molecular weight excluding hydrogens is 432 g/mol. The molecule has 0 saturated carbocycles. The molecule has 2 unspecified atom stereocenters. The van der Waals surface area contributed by atoms with E-state index in [4.69, 9.17) is 9.47 Å². The molecule has 0 heterocycles. The van der Waals surface area contributed by atoms with Crippen LogP contribution in [0, 0.1) is 0 Å². The van der Waals surface area contributed by atoms with Crippen LogP contribution in [0.4, 0.5) is 0 Å². The fourth-order valence-electron chi connectivity index (χ4n) is 3.86. The van der Waals surface area contributed by atoms with E-state index in [1.54, 1.807) is 25.3 Å². The third kappa shape index (κ3) is 7.20. The van der Waals surface area contributed by atoms with Gasteiger partial charge >= 0.3 is 5.97 Å². The van der Waals surface area contributed by atoms with Crippen molar-refractivity contribution in [2.24, 2.45) is 0 Å². The van der Waals surface area contributed by atoms with Gasteiger partial charge in [0, 0.05) is 6.08 Å². The first kappa shape index (κ1) is 25.0. The number of nitrogens with one attached hydrogen (secondary N) is 2. The van der Waals surface area contributed by atoms with Crippen LogP contribution in [0.1, 0.15) is 55.0 Å². The largest absolute Gasteiger partial charge is 0.497 e. The molecule has 1 aliphatic rings. The van der Waals surface area contributed by atoms with E-state index in [0.717, 1.165) is 29.7 Å². The number of carbonyl (C=O) groups excluding carboxylic acids is 3. The lowest BCUT2D eigenvalue weighted by molar-refractivity contribution is -0.151. The highest BCUT2D eigenvalue weighted by Gasteiger charge is 2.19. The number of rotatable bonds is 9. The zero-order valence-corrected chi connectivity index (χ0v) is 19.9. The number of ether oxygens (including phenoxy) is 2. The van der Waals surface area contributed by atoms with E-state index >= 15 is 0 Å². The van der Waals surface area contributed by atoms with Crippen molar-refractivity contribution < 1.29 is 23.9 Å². The predicted molar refractivity (Wildman–Crippen MR) is 130 cm³/mol. The van der Waals surface area contributed by atoms with Gasteiger partial charge in [-0.1, -0.05) is 30.3 Å². The summed E-state index contributed by atoms with van der Waals surface area (Å²) in [4.78, 5) is 36.6. The standard InChI is InChI=1S/C27H32N2O5/c1-18(22-12-11-21-6-4-5-7-23(21)16-22)28-26(31)17-34-27(32)19(2)29-25(30)15-10-20-8-13-24(33-3)14-9-20/h8-16,18-19H,4-7,17H2,1-3H3,(H,28,31)(H,29,30). The molecule has 2 aromatic rings. The van der Waals surface area contributed by atoms with Crippen LogP contribution in [0.5, 0.6) is 5.75 Å². The number of hydrogen-bond donors (Lipinski definition) is 2. The molecule has 7 heteroatoms. The normalized spacial score (nSPS) is 14.6. The molecule has 2 atom stereocenters. The average Bonchev–Trinajstić information content (AvgIpc) is 2.85. The molecule has 2 aromatic carbocycles. The van der Waals surface area contributed by atoms with E-state index in [2.05, 4.69) is 22.8 Å². The maximum atomic E-state index is 12.3. The molecule has 0 spiro atoms. The molecule has 34 heavy (non-hydrogen) atoms. The molecule has 7 nitrogen and oxygen atoms in total. The van der Waals surface area contributed by atoms with Crippen molar-refractivity contribution in [1.29, 1.82) is 0 Å². The topological polar surface area (TPSA) is 93.7 Å². The molecule has 0 aliphatic heterocycles. The summed E-state index contributed by atoms with van der Waals surface area (Å²) < 4.78 is 10.2. The van der Waals surface area contributed by atoms with Crippen LogP contribution in [0.2, 0.25) is 0 Å². The maximum Gasteiger partial charge on any atom is 0.328 e. The zero-order valence-electron chi connectivity index (χ0n) is 19.9. The van der Waals surface area contributed by atoms with Gasteiger partial charge in [-0.25, -0.2) is 4.79 Å². The third-order valence-corrected chi connectivity index (χ3v) is 5.85. The second kappa shape index (κ2) is 12.0. The number of methoxy groups -OCH3 is 1. The van der Waals surface area contributed by atoms with Gasteiger partial charge in [-0.3, -0.25) is 9.59 Å². The smallest absolute Gasteiger partial charge is 0.328 e. The van der Waals surface area contributed by atoms with E-state index in [9.17, 15) is 14.4 Å². The molecule has 0 fully saturated rings. The second-order valence-corrected chi connectivity index (χ2v) is 8.47. The van der Waals surface area contributed by atoms with Gasteiger partial charge in [0.05, 0.1) is 13.2 Å². The second-order valence-electron chi connectivity index (χ2n) is 8.47. The van der Waals surface area contributed by atoms with Gasteiger partial charge in [0.25, 0.3) is 5.91 Å². The Labute approximate surface area is 200 Å². The van der Waals surface area contributed by atoms with Crippen molar-refractivity contribution in [1.82, 2.24) is 10.6 Å². The lowest BCUT2D eigenvalue weighted by Crippen LogP contribution is -2.40. The molecular formula is C27H32N2O5. The summed E-state index contributed by atoms with van der Waals surface area (Å²) in [6, 6.07) is 12.4. The Morgan fingerprint density at radius 1 is 0.971 bits per heavy atom. The third-order valence-electron chi connectivity index (χ3n) is 5.85. The molecule has 0 radical (unpaired) electrons. The fraction of sp³-hybridized carbons (Fsp3) is 0.370. The zero-order chi connectivity index (χ0) is 24.5. The maximum absolute atomic E-state index is 12.3. The monoisotopic (exact) mass is 464 g/mol. The highest BCUT2D eigenvalue weighted by atomic mass is 16.5. The van der Waals surface area contributed by atoms with Gasteiger partial charge in [-0.2, -0.15) is 0 Å². The van der Waals surface area contributed by atoms with Crippen LogP contribution in [0.25, 0.3) is 6.08 Å². The number of fused-ring (bicyclic) bond motifs is 1. The Balaban J connectivity index is 1.41. The van der Waals surface area contributed by atoms with Gasteiger partial charge in [0.2, 0.25) is 5.91 Å². The number of hydrogen-bond acceptors (Lipinski definition) is 5. The molecule has 3 rings (SSSR count). The van der Waals surface area contributed by atoms with Gasteiger partial charge in [-0.15, -0.1) is 0 Å². The Bertz CT molecular complexity index is 1050. The van der Waals surface area contributed by atoms with Gasteiger partial charge in [-0.05, 0) is 80.0 Å².